The second-order valence-corrected chi connectivity index (χ2v) is 9.10. The van der Waals surface area contributed by atoms with Crippen molar-refractivity contribution in [3.05, 3.63) is 39.1 Å². The van der Waals surface area contributed by atoms with Gasteiger partial charge in [-0.05, 0) is 53.7 Å². The minimum atomic E-state index is -0.131. The molecule has 2 aromatic rings. The van der Waals surface area contributed by atoms with Gasteiger partial charge in [-0.25, -0.2) is 4.98 Å². The molecule has 3 heterocycles. The van der Waals surface area contributed by atoms with Crippen LogP contribution >= 0.6 is 27.3 Å². The lowest BCUT2D eigenvalue weighted by atomic mass is 9.91. The number of nitrogens with one attached hydrogen (secondary N) is 1. The fourth-order valence-corrected chi connectivity index (χ4v) is 4.80. The molecule has 0 radical (unpaired) electrons. The van der Waals surface area contributed by atoms with E-state index in [9.17, 15) is 9.59 Å². The Morgan fingerprint density at radius 3 is 2.93 bits per heavy atom. The van der Waals surface area contributed by atoms with Gasteiger partial charge in [-0.1, -0.05) is 30.3 Å². The third kappa shape index (κ3) is 5.52. The van der Waals surface area contributed by atoms with Crippen LogP contribution in [0.15, 0.2) is 34.2 Å². The lowest BCUT2D eigenvalue weighted by Gasteiger charge is -2.32. The predicted molar refractivity (Wildman–Crippen MR) is 118 cm³/mol. The van der Waals surface area contributed by atoms with Gasteiger partial charge >= 0.3 is 4.87 Å². The van der Waals surface area contributed by atoms with Gasteiger partial charge in [-0.15, -0.1) is 6.58 Å². The van der Waals surface area contributed by atoms with E-state index in [2.05, 4.69) is 32.8 Å². The molecule has 6 nitrogen and oxygen atoms in total. The summed E-state index contributed by atoms with van der Waals surface area (Å²) in [4.78, 5) is 31.7. The van der Waals surface area contributed by atoms with Gasteiger partial charge in [-0.2, -0.15) is 0 Å². The van der Waals surface area contributed by atoms with Crippen molar-refractivity contribution >= 4 is 43.5 Å². The molecule has 0 spiro atoms. The van der Waals surface area contributed by atoms with E-state index in [1.807, 2.05) is 17.0 Å². The number of carbonyl (C=O) groups excluding carboxylic acids is 1. The average molecular weight is 467 g/mol. The maximum atomic E-state index is 12.7. The molecule has 152 valence electrons. The molecule has 8 heteroatoms. The number of nitrogens with zero attached hydrogens (tertiary/aromatic N) is 3. The molecule has 1 aliphatic rings. The first-order valence-electron chi connectivity index (χ1n) is 9.82. The Balaban J connectivity index is 1.47. The fourth-order valence-electron chi connectivity index (χ4n) is 3.67. The zero-order valence-electron chi connectivity index (χ0n) is 16.0. The zero-order valence-corrected chi connectivity index (χ0v) is 18.4. The first-order valence-corrected chi connectivity index (χ1v) is 11.4. The minimum Gasteiger partial charge on any atom is -0.341 e. The van der Waals surface area contributed by atoms with Gasteiger partial charge in [0.2, 0.25) is 5.91 Å². The predicted octanol–water partition coefficient (Wildman–Crippen LogP) is 3.41. The molecule has 0 atom stereocenters. The van der Waals surface area contributed by atoms with E-state index in [1.54, 1.807) is 10.8 Å². The topological polar surface area (TPSA) is 67.2 Å². The number of hydrogen-bond acceptors (Lipinski definition) is 5. The molecule has 0 saturated carbocycles. The highest BCUT2D eigenvalue weighted by Crippen LogP contribution is 2.23. The third-order valence-corrected chi connectivity index (χ3v) is 6.60. The van der Waals surface area contributed by atoms with Crippen molar-refractivity contribution in [2.24, 2.45) is 5.92 Å². The summed E-state index contributed by atoms with van der Waals surface area (Å²) in [7, 11) is 0. The van der Waals surface area contributed by atoms with Gasteiger partial charge in [-0.3, -0.25) is 14.2 Å². The first-order chi connectivity index (χ1) is 13.6. The SMILES string of the molecule is C=CCNCCCCC1CCN(C(=O)Cn2c(=O)sc3ncc(Br)cc32)CC1. The van der Waals surface area contributed by atoms with Crippen LogP contribution in [0.25, 0.3) is 10.3 Å². The summed E-state index contributed by atoms with van der Waals surface area (Å²) in [6.45, 7) is 7.28. The summed E-state index contributed by atoms with van der Waals surface area (Å²) in [6.07, 6.45) is 9.30. The molecule has 2 aromatic heterocycles. The van der Waals surface area contributed by atoms with Gasteiger partial charge in [0.05, 0.1) is 5.52 Å². The summed E-state index contributed by atoms with van der Waals surface area (Å²) in [6, 6.07) is 1.85. The molecule has 28 heavy (non-hydrogen) atoms. The number of carbonyl (C=O) groups is 1. The van der Waals surface area contributed by atoms with Crippen LogP contribution in [0.1, 0.15) is 32.1 Å². The first kappa shape index (κ1) is 21.2. The summed E-state index contributed by atoms with van der Waals surface area (Å²) >= 11 is 4.47. The second-order valence-electron chi connectivity index (χ2n) is 7.24. The highest BCUT2D eigenvalue weighted by Gasteiger charge is 2.23. The van der Waals surface area contributed by atoms with Crippen LogP contribution in [-0.2, 0) is 11.3 Å². The maximum Gasteiger partial charge on any atom is 0.310 e. The number of unbranched alkanes of at least 4 members (excludes halogenated alkanes) is 1. The normalized spacial score (nSPS) is 15.2. The molecule has 3 rings (SSSR count). The fraction of sp³-hybridized carbons (Fsp3) is 0.550. The number of piperidine rings is 1. The summed E-state index contributed by atoms with van der Waals surface area (Å²) < 4.78 is 2.35. The van der Waals surface area contributed by atoms with Crippen LogP contribution in [-0.4, -0.2) is 46.5 Å². The van der Waals surface area contributed by atoms with Crippen LogP contribution in [0.5, 0.6) is 0 Å². The number of halogens is 1. The summed E-state index contributed by atoms with van der Waals surface area (Å²) in [5.41, 5.74) is 0.720. The largest absolute Gasteiger partial charge is 0.341 e. The number of pyridine rings is 1. The Bertz CT molecular complexity index is 871. The van der Waals surface area contributed by atoms with Crippen molar-refractivity contribution in [3.8, 4) is 0 Å². The lowest BCUT2D eigenvalue weighted by Crippen LogP contribution is -2.41. The highest BCUT2D eigenvalue weighted by atomic mass is 79.9. The number of thiazole rings is 1. The van der Waals surface area contributed by atoms with Crippen molar-refractivity contribution in [2.45, 2.75) is 38.6 Å². The quantitative estimate of drug-likeness (QED) is 0.454. The van der Waals surface area contributed by atoms with Crippen molar-refractivity contribution in [1.82, 2.24) is 19.8 Å². The van der Waals surface area contributed by atoms with Gasteiger partial charge in [0.1, 0.15) is 11.4 Å². The van der Waals surface area contributed by atoms with Crippen molar-refractivity contribution < 1.29 is 4.79 Å². The number of fused-ring (bicyclic) bond motifs is 1. The molecule has 1 N–H and O–H groups in total. The van der Waals surface area contributed by atoms with Crippen LogP contribution in [0.4, 0.5) is 0 Å². The van der Waals surface area contributed by atoms with Crippen molar-refractivity contribution in [3.63, 3.8) is 0 Å². The molecular weight excluding hydrogens is 440 g/mol. The minimum absolute atomic E-state index is 0.0221. The lowest BCUT2D eigenvalue weighted by molar-refractivity contribution is -0.133. The molecule has 0 unspecified atom stereocenters. The van der Waals surface area contributed by atoms with E-state index >= 15 is 0 Å². The van der Waals surface area contributed by atoms with Gasteiger partial charge in [0, 0.05) is 30.3 Å². The Morgan fingerprint density at radius 1 is 1.39 bits per heavy atom. The second kappa shape index (κ2) is 10.3. The Morgan fingerprint density at radius 2 is 2.18 bits per heavy atom. The Kier molecular flexibility index (Phi) is 7.82. The summed E-state index contributed by atoms with van der Waals surface area (Å²) in [5, 5.41) is 3.33. The molecule has 0 aliphatic carbocycles. The highest BCUT2D eigenvalue weighted by molar-refractivity contribution is 9.10. The van der Waals surface area contributed by atoms with Crippen molar-refractivity contribution in [1.29, 1.82) is 0 Å². The van der Waals surface area contributed by atoms with E-state index in [4.69, 9.17) is 0 Å². The van der Waals surface area contributed by atoms with E-state index < -0.39 is 0 Å². The van der Waals surface area contributed by atoms with Crippen molar-refractivity contribution in [2.75, 3.05) is 26.2 Å². The number of amides is 1. The van der Waals surface area contributed by atoms with E-state index in [0.717, 1.165) is 60.3 Å². The Labute approximate surface area is 177 Å². The van der Waals surface area contributed by atoms with Crippen LogP contribution < -0.4 is 10.2 Å². The summed E-state index contributed by atoms with van der Waals surface area (Å²) in [5.74, 6) is 0.724. The third-order valence-electron chi connectivity index (χ3n) is 5.26. The number of hydrogen-bond donors (Lipinski definition) is 1. The van der Waals surface area contributed by atoms with Crippen LogP contribution in [0.3, 0.4) is 0 Å². The maximum absolute atomic E-state index is 12.7. The molecular formula is C20H27BrN4O2S. The number of aromatic nitrogens is 2. The average Bonchev–Trinajstić information content (AvgIpc) is 3.00. The van der Waals surface area contributed by atoms with Gasteiger partial charge < -0.3 is 10.2 Å². The van der Waals surface area contributed by atoms with E-state index in [0.29, 0.717) is 10.7 Å². The molecule has 0 bridgehead atoms. The standard InChI is InChI=1S/C20H27BrN4O2S/c1-2-8-22-9-4-3-5-15-6-10-24(11-7-15)18(26)14-25-17-12-16(21)13-23-19(17)28-20(25)27/h2,12-13,15,22H,1,3-11,14H2. The zero-order chi connectivity index (χ0) is 19.9. The van der Waals surface area contributed by atoms with E-state index in [1.165, 1.54) is 19.3 Å². The smallest absolute Gasteiger partial charge is 0.310 e. The van der Waals surface area contributed by atoms with Crippen LogP contribution in [0, 0.1) is 5.92 Å². The number of likely N-dealkylation sites (tertiary alicyclic amines) is 1. The number of rotatable bonds is 9. The van der Waals surface area contributed by atoms with Gasteiger partial charge in [0.25, 0.3) is 0 Å². The van der Waals surface area contributed by atoms with Crippen LogP contribution in [0.2, 0.25) is 0 Å². The van der Waals surface area contributed by atoms with E-state index in [-0.39, 0.29) is 17.3 Å². The molecule has 1 saturated heterocycles. The Hall–Kier alpha value is -1.51. The molecule has 1 fully saturated rings. The van der Waals surface area contributed by atoms with Gasteiger partial charge in [0.15, 0.2) is 0 Å². The monoisotopic (exact) mass is 466 g/mol. The molecule has 0 aromatic carbocycles. The molecule has 1 aliphatic heterocycles. The molecule has 1 amide bonds.